The lowest BCUT2D eigenvalue weighted by molar-refractivity contribution is -0.113. The van der Waals surface area contributed by atoms with Crippen molar-refractivity contribution in [2.24, 2.45) is 5.41 Å². The van der Waals surface area contributed by atoms with Crippen LogP contribution in [0.3, 0.4) is 0 Å². The highest BCUT2D eigenvalue weighted by atomic mass is 32.2. The Morgan fingerprint density at radius 3 is 2.64 bits per heavy atom. The molecule has 0 radical (unpaired) electrons. The van der Waals surface area contributed by atoms with Gasteiger partial charge in [-0.3, -0.25) is 4.72 Å². The Hall–Kier alpha value is -1.67. The summed E-state index contributed by atoms with van der Waals surface area (Å²) in [5.74, 6) is 1.87. The molecule has 0 saturated heterocycles. The van der Waals surface area contributed by atoms with Gasteiger partial charge in [0.05, 0.1) is 20.9 Å². The van der Waals surface area contributed by atoms with E-state index in [-0.39, 0.29) is 5.41 Å². The SMILES string of the molecule is CCCCC1CN(c2ccccc2)c2cc(SCC)c(OCC3(C=O)CC3)cc2SN1.CO. The molecule has 1 aliphatic heterocycles. The normalized spacial score (nSPS) is 18.4. The van der Waals surface area contributed by atoms with Gasteiger partial charge in [-0.25, -0.2) is 0 Å². The van der Waals surface area contributed by atoms with Crippen molar-refractivity contribution in [3.63, 3.8) is 0 Å². The average molecular weight is 489 g/mol. The molecule has 1 saturated carbocycles. The van der Waals surface area contributed by atoms with Gasteiger partial charge in [-0.1, -0.05) is 44.9 Å². The molecule has 33 heavy (non-hydrogen) atoms. The van der Waals surface area contributed by atoms with Crippen LogP contribution in [-0.4, -0.2) is 43.4 Å². The molecule has 1 fully saturated rings. The Kier molecular flexibility index (Phi) is 9.98. The summed E-state index contributed by atoms with van der Waals surface area (Å²) < 4.78 is 9.94. The van der Waals surface area contributed by atoms with Gasteiger partial charge in [0.15, 0.2) is 0 Å². The summed E-state index contributed by atoms with van der Waals surface area (Å²) in [5.41, 5.74) is 2.18. The van der Waals surface area contributed by atoms with Crippen molar-refractivity contribution in [2.45, 2.75) is 61.8 Å². The van der Waals surface area contributed by atoms with E-state index in [4.69, 9.17) is 9.84 Å². The third-order valence-electron chi connectivity index (χ3n) is 5.99. The summed E-state index contributed by atoms with van der Waals surface area (Å²) in [6.45, 7) is 5.83. The Morgan fingerprint density at radius 2 is 2.00 bits per heavy atom. The number of nitrogens with zero attached hydrogens (tertiary/aromatic N) is 1. The molecule has 7 heteroatoms. The molecular weight excluding hydrogens is 452 g/mol. The molecule has 1 unspecified atom stereocenters. The van der Waals surface area contributed by atoms with Crippen molar-refractivity contribution in [1.29, 1.82) is 0 Å². The molecule has 0 spiro atoms. The zero-order valence-electron chi connectivity index (χ0n) is 19.9. The van der Waals surface area contributed by atoms with E-state index in [0.29, 0.717) is 12.6 Å². The van der Waals surface area contributed by atoms with Crippen LogP contribution in [0.2, 0.25) is 0 Å². The summed E-state index contributed by atoms with van der Waals surface area (Å²) in [5, 5.41) is 7.00. The number of aliphatic hydroxyl groups excluding tert-OH is 1. The zero-order valence-corrected chi connectivity index (χ0v) is 21.5. The van der Waals surface area contributed by atoms with Crippen LogP contribution in [0, 0.1) is 5.41 Å². The maximum Gasteiger partial charge on any atom is 0.134 e. The fraction of sp³-hybridized carbons (Fsp3) is 0.500. The predicted octanol–water partition coefficient (Wildman–Crippen LogP) is 6.07. The van der Waals surface area contributed by atoms with Gasteiger partial charge in [0.2, 0.25) is 0 Å². The number of unbranched alkanes of at least 4 members (excludes halogenated alkanes) is 1. The van der Waals surface area contributed by atoms with Crippen molar-refractivity contribution < 1.29 is 14.6 Å². The number of fused-ring (bicyclic) bond motifs is 1. The molecule has 0 bridgehead atoms. The molecule has 0 aromatic heterocycles. The molecule has 1 atom stereocenters. The van der Waals surface area contributed by atoms with Crippen LogP contribution in [-0.2, 0) is 4.79 Å². The van der Waals surface area contributed by atoms with Crippen molar-refractivity contribution >= 4 is 41.4 Å². The fourth-order valence-corrected chi connectivity index (χ4v) is 5.53. The van der Waals surface area contributed by atoms with Gasteiger partial charge in [-0.2, -0.15) is 0 Å². The summed E-state index contributed by atoms with van der Waals surface area (Å²) in [7, 11) is 1.00. The number of benzene rings is 2. The molecule has 5 nitrogen and oxygen atoms in total. The Labute approximate surface area is 206 Å². The van der Waals surface area contributed by atoms with Crippen molar-refractivity contribution in [1.82, 2.24) is 4.72 Å². The maximum absolute atomic E-state index is 11.4. The van der Waals surface area contributed by atoms with Crippen LogP contribution in [0.1, 0.15) is 46.0 Å². The van der Waals surface area contributed by atoms with E-state index in [1.807, 2.05) is 0 Å². The Morgan fingerprint density at radius 1 is 1.24 bits per heavy atom. The van der Waals surface area contributed by atoms with Crippen molar-refractivity contribution in [3.8, 4) is 5.75 Å². The summed E-state index contributed by atoms with van der Waals surface area (Å²) in [6, 6.07) is 15.5. The van der Waals surface area contributed by atoms with Crippen molar-refractivity contribution in [2.75, 3.05) is 30.9 Å². The van der Waals surface area contributed by atoms with Crippen LogP contribution in [0.4, 0.5) is 11.4 Å². The molecular formula is C26H36N2O3S2. The van der Waals surface area contributed by atoms with E-state index in [1.54, 1.807) is 23.7 Å². The second-order valence-electron chi connectivity index (χ2n) is 8.47. The molecule has 180 valence electrons. The Bertz CT molecular complexity index is 891. The number of carbonyl (C=O) groups is 1. The summed E-state index contributed by atoms with van der Waals surface area (Å²) in [4.78, 5) is 16.2. The number of nitrogens with one attached hydrogen (secondary N) is 1. The summed E-state index contributed by atoms with van der Waals surface area (Å²) >= 11 is 3.51. The number of hydrogen-bond acceptors (Lipinski definition) is 7. The first kappa shape index (κ1) is 25.9. The lowest BCUT2D eigenvalue weighted by Gasteiger charge is -2.28. The van der Waals surface area contributed by atoms with Gasteiger partial charge in [0.25, 0.3) is 0 Å². The van der Waals surface area contributed by atoms with Crippen LogP contribution in [0.15, 0.2) is 52.3 Å². The third-order valence-corrected chi connectivity index (χ3v) is 7.90. The van der Waals surface area contributed by atoms with Gasteiger partial charge in [-0.15, -0.1) is 11.8 Å². The number of carbonyl (C=O) groups excluding carboxylic acids is 1. The van der Waals surface area contributed by atoms with Crippen LogP contribution < -0.4 is 14.4 Å². The number of ether oxygens (including phenoxy) is 1. The number of anilines is 2. The second-order valence-corrected chi connectivity index (χ2v) is 10.7. The largest absolute Gasteiger partial charge is 0.491 e. The molecule has 2 N–H and O–H groups in total. The number of thioether (sulfide) groups is 1. The van der Waals surface area contributed by atoms with Crippen LogP contribution in [0.5, 0.6) is 5.75 Å². The highest BCUT2D eigenvalue weighted by Gasteiger charge is 2.43. The van der Waals surface area contributed by atoms with E-state index in [1.165, 1.54) is 29.1 Å². The minimum absolute atomic E-state index is 0.256. The topological polar surface area (TPSA) is 61.8 Å². The minimum Gasteiger partial charge on any atom is -0.491 e. The van der Waals surface area contributed by atoms with Crippen molar-refractivity contribution in [3.05, 3.63) is 42.5 Å². The molecule has 0 amide bonds. The molecule has 2 aromatic carbocycles. The second kappa shape index (κ2) is 12.7. The van der Waals surface area contributed by atoms with Gasteiger partial charge < -0.3 is 19.5 Å². The van der Waals surface area contributed by atoms with Gasteiger partial charge >= 0.3 is 0 Å². The molecule has 2 aromatic rings. The van der Waals surface area contributed by atoms with E-state index < -0.39 is 0 Å². The van der Waals surface area contributed by atoms with Gasteiger partial charge in [0, 0.05) is 25.4 Å². The van der Waals surface area contributed by atoms with E-state index in [2.05, 4.69) is 65.9 Å². The quantitative estimate of drug-likeness (QED) is 0.239. The van der Waals surface area contributed by atoms with E-state index in [9.17, 15) is 4.79 Å². The first-order chi connectivity index (χ1) is 16.2. The smallest absolute Gasteiger partial charge is 0.134 e. The number of rotatable bonds is 10. The first-order valence-electron chi connectivity index (χ1n) is 11.8. The minimum atomic E-state index is -0.256. The predicted molar refractivity (Wildman–Crippen MR) is 140 cm³/mol. The first-order valence-corrected chi connectivity index (χ1v) is 13.6. The monoisotopic (exact) mass is 488 g/mol. The highest BCUT2D eigenvalue weighted by Crippen LogP contribution is 2.47. The zero-order chi connectivity index (χ0) is 23.7. The molecule has 4 rings (SSSR count). The Balaban J connectivity index is 0.00000149. The number of hydrogen-bond donors (Lipinski definition) is 2. The van der Waals surface area contributed by atoms with Crippen LogP contribution >= 0.6 is 23.7 Å². The average Bonchev–Trinajstić information content (AvgIpc) is 3.67. The molecule has 1 aliphatic carbocycles. The third kappa shape index (κ3) is 6.69. The maximum atomic E-state index is 11.4. The molecule has 2 aliphatic rings. The van der Waals surface area contributed by atoms with E-state index >= 15 is 0 Å². The highest BCUT2D eigenvalue weighted by molar-refractivity contribution is 7.99. The lowest BCUT2D eigenvalue weighted by Crippen LogP contribution is -2.34. The summed E-state index contributed by atoms with van der Waals surface area (Å²) in [6.07, 6.45) is 6.53. The van der Waals surface area contributed by atoms with Gasteiger partial charge in [-0.05, 0) is 61.2 Å². The molecule has 1 heterocycles. The van der Waals surface area contributed by atoms with E-state index in [0.717, 1.165) is 55.6 Å². The van der Waals surface area contributed by atoms with Crippen LogP contribution in [0.25, 0.3) is 0 Å². The number of aliphatic hydroxyl groups is 1. The number of aldehydes is 1. The standard InChI is InChI=1S/C25H32N2O2S2.CH4O/c1-3-5-9-19-16-27(20-10-7-6-8-11-20)21-14-24(30-4-2)22(15-23(21)31-26-19)29-18-25(17-28)12-13-25;1-2/h6-8,10-11,14-15,17,19,26H,3-5,9,12-13,16,18H2,1-2H3;2H,1H3. The van der Waals surface area contributed by atoms with Gasteiger partial charge in [0.1, 0.15) is 18.6 Å². The number of para-hydroxylation sites is 1. The fourth-order valence-electron chi connectivity index (χ4n) is 3.84. The lowest BCUT2D eigenvalue weighted by atomic mass is 10.1.